The van der Waals surface area contributed by atoms with Gasteiger partial charge < -0.3 is 5.11 Å². The Labute approximate surface area is 110 Å². The van der Waals surface area contributed by atoms with Crippen LogP contribution in [-0.2, 0) is 9.84 Å². The highest BCUT2D eigenvalue weighted by molar-refractivity contribution is 7.90. The highest BCUT2D eigenvalue weighted by Crippen LogP contribution is 2.24. The van der Waals surface area contributed by atoms with Gasteiger partial charge in [-0.3, -0.25) is 4.98 Å². The van der Waals surface area contributed by atoms with E-state index in [9.17, 15) is 13.2 Å². The summed E-state index contributed by atoms with van der Waals surface area (Å²) in [4.78, 5) is 15.1. The van der Waals surface area contributed by atoms with E-state index in [0.29, 0.717) is 11.1 Å². The van der Waals surface area contributed by atoms with Crippen LogP contribution in [0.3, 0.4) is 0 Å². The molecule has 2 rings (SSSR count). The van der Waals surface area contributed by atoms with Gasteiger partial charge in [-0.2, -0.15) is 0 Å². The van der Waals surface area contributed by atoms with E-state index in [1.54, 1.807) is 18.2 Å². The summed E-state index contributed by atoms with van der Waals surface area (Å²) in [6.07, 6.45) is 3.88. The third-order valence-corrected chi connectivity index (χ3v) is 3.77. The predicted octanol–water partition coefficient (Wildman–Crippen LogP) is 1.85. The number of carbonyl (C=O) groups is 1. The summed E-state index contributed by atoms with van der Waals surface area (Å²) in [5.41, 5.74) is 1.21. The van der Waals surface area contributed by atoms with Crippen LogP contribution in [0.25, 0.3) is 11.1 Å². The maximum Gasteiger partial charge on any atom is 0.337 e. The zero-order valence-electron chi connectivity index (χ0n) is 10.1. The molecule has 2 aromatic rings. The fourth-order valence-corrected chi connectivity index (χ4v) is 2.33. The number of hydrogen-bond acceptors (Lipinski definition) is 4. The van der Waals surface area contributed by atoms with Crippen LogP contribution in [0, 0.1) is 0 Å². The van der Waals surface area contributed by atoms with Crippen molar-refractivity contribution < 1.29 is 18.3 Å². The third-order valence-electron chi connectivity index (χ3n) is 2.64. The van der Waals surface area contributed by atoms with Gasteiger partial charge in [-0.25, -0.2) is 13.2 Å². The van der Waals surface area contributed by atoms with Crippen LogP contribution in [0.5, 0.6) is 0 Å². The standard InChI is InChI=1S/C13H11NO4S/c1-19(17,18)10-4-2-9(3-5-10)11-6-7-14-8-12(11)13(15)16/h2-8H,1H3,(H,15,16). The van der Waals surface area contributed by atoms with Gasteiger partial charge in [-0.15, -0.1) is 0 Å². The number of benzene rings is 1. The predicted molar refractivity (Wildman–Crippen MR) is 69.7 cm³/mol. The molecule has 0 saturated heterocycles. The molecule has 5 nitrogen and oxygen atoms in total. The second kappa shape index (κ2) is 4.81. The summed E-state index contributed by atoms with van der Waals surface area (Å²) in [6, 6.07) is 7.66. The van der Waals surface area contributed by atoms with Crippen LogP contribution in [0.4, 0.5) is 0 Å². The van der Waals surface area contributed by atoms with Crippen molar-refractivity contribution in [3.05, 3.63) is 48.3 Å². The number of aromatic nitrogens is 1. The van der Waals surface area contributed by atoms with E-state index in [-0.39, 0.29) is 10.5 Å². The van der Waals surface area contributed by atoms with Crippen LogP contribution in [0.15, 0.2) is 47.6 Å². The number of rotatable bonds is 3. The summed E-state index contributed by atoms with van der Waals surface area (Å²) in [5, 5.41) is 9.07. The first-order valence-electron chi connectivity index (χ1n) is 5.37. The number of hydrogen-bond donors (Lipinski definition) is 1. The third kappa shape index (κ3) is 2.79. The Morgan fingerprint density at radius 3 is 2.32 bits per heavy atom. The van der Waals surface area contributed by atoms with Gasteiger partial charge in [0, 0.05) is 18.6 Å². The Morgan fingerprint density at radius 2 is 1.79 bits per heavy atom. The van der Waals surface area contributed by atoms with Gasteiger partial charge in [-0.05, 0) is 29.3 Å². The van der Waals surface area contributed by atoms with Crippen LogP contribution in [-0.4, -0.2) is 30.7 Å². The van der Waals surface area contributed by atoms with E-state index in [4.69, 9.17) is 5.11 Å². The molecule has 1 aromatic heterocycles. The molecule has 0 amide bonds. The smallest absolute Gasteiger partial charge is 0.337 e. The molecule has 0 fully saturated rings. The number of carboxylic acids is 1. The van der Waals surface area contributed by atoms with Gasteiger partial charge in [0.1, 0.15) is 0 Å². The lowest BCUT2D eigenvalue weighted by molar-refractivity contribution is 0.0697. The Kier molecular flexibility index (Phi) is 3.35. The van der Waals surface area contributed by atoms with Crippen LogP contribution < -0.4 is 0 Å². The Bertz CT molecular complexity index is 721. The molecule has 0 aliphatic rings. The van der Waals surface area contributed by atoms with Gasteiger partial charge in [0.2, 0.25) is 0 Å². The highest BCUT2D eigenvalue weighted by Gasteiger charge is 2.12. The molecule has 0 saturated carbocycles. The van der Waals surface area contributed by atoms with E-state index in [0.717, 1.165) is 6.26 Å². The zero-order chi connectivity index (χ0) is 14.0. The quantitative estimate of drug-likeness (QED) is 0.925. The van der Waals surface area contributed by atoms with E-state index in [1.165, 1.54) is 24.5 Å². The lowest BCUT2D eigenvalue weighted by atomic mass is 10.0. The maximum absolute atomic E-state index is 11.4. The second-order valence-corrected chi connectivity index (χ2v) is 6.04. The van der Waals surface area contributed by atoms with Crippen molar-refractivity contribution in [1.82, 2.24) is 4.98 Å². The molecule has 0 aliphatic carbocycles. The van der Waals surface area contributed by atoms with Crippen molar-refractivity contribution in [2.45, 2.75) is 4.90 Å². The van der Waals surface area contributed by atoms with E-state index in [1.807, 2.05) is 0 Å². The summed E-state index contributed by atoms with van der Waals surface area (Å²) >= 11 is 0. The molecule has 1 N–H and O–H groups in total. The largest absolute Gasteiger partial charge is 0.478 e. The monoisotopic (exact) mass is 277 g/mol. The molecule has 1 heterocycles. The first-order valence-corrected chi connectivity index (χ1v) is 7.26. The Balaban J connectivity index is 2.52. The molecular weight excluding hydrogens is 266 g/mol. The molecule has 0 unspecified atom stereocenters. The average Bonchev–Trinajstić information content (AvgIpc) is 2.38. The van der Waals surface area contributed by atoms with Crippen LogP contribution >= 0.6 is 0 Å². The normalized spacial score (nSPS) is 11.2. The van der Waals surface area contributed by atoms with Crippen molar-refractivity contribution in [1.29, 1.82) is 0 Å². The molecule has 0 atom stereocenters. The first kappa shape index (κ1) is 13.2. The summed E-state index contributed by atoms with van der Waals surface area (Å²) in [6.45, 7) is 0. The Morgan fingerprint density at radius 1 is 1.16 bits per heavy atom. The van der Waals surface area contributed by atoms with Gasteiger partial charge >= 0.3 is 5.97 Å². The first-order chi connectivity index (χ1) is 8.89. The van der Waals surface area contributed by atoms with Gasteiger partial charge in [0.25, 0.3) is 0 Å². The van der Waals surface area contributed by atoms with Crippen molar-refractivity contribution >= 4 is 15.8 Å². The molecular formula is C13H11NO4S. The summed E-state index contributed by atoms with van der Waals surface area (Å²) < 4.78 is 22.7. The topological polar surface area (TPSA) is 84.3 Å². The second-order valence-electron chi connectivity index (χ2n) is 4.02. The van der Waals surface area contributed by atoms with Gasteiger partial charge in [0.15, 0.2) is 9.84 Å². The van der Waals surface area contributed by atoms with Crippen LogP contribution in [0.1, 0.15) is 10.4 Å². The van der Waals surface area contributed by atoms with Crippen LogP contribution in [0.2, 0.25) is 0 Å². The molecule has 0 bridgehead atoms. The minimum atomic E-state index is -3.26. The van der Waals surface area contributed by atoms with E-state index >= 15 is 0 Å². The average molecular weight is 277 g/mol. The fourth-order valence-electron chi connectivity index (χ4n) is 1.70. The minimum absolute atomic E-state index is 0.0783. The maximum atomic E-state index is 11.4. The lowest BCUT2D eigenvalue weighted by Crippen LogP contribution is -2.01. The zero-order valence-corrected chi connectivity index (χ0v) is 10.9. The fraction of sp³-hybridized carbons (Fsp3) is 0.0769. The number of sulfone groups is 1. The SMILES string of the molecule is CS(=O)(=O)c1ccc(-c2ccncc2C(=O)O)cc1. The van der Waals surface area contributed by atoms with Crippen molar-refractivity contribution in [3.8, 4) is 11.1 Å². The molecule has 0 aliphatic heterocycles. The molecule has 98 valence electrons. The number of aromatic carboxylic acids is 1. The van der Waals surface area contributed by atoms with Crippen molar-refractivity contribution in [3.63, 3.8) is 0 Å². The molecule has 19 heavy (non-hydrogen) atoms. The Hall–Kier alpha value is -2.21. The lowest BCUT2D eigenvalue weighted by Gasteiger charge is -2.06. The number of carboxylic acid groups (broad SMARTS) is 1. The van der Waals surface area contributed by atoms with Crippen molar-refractivity contribution in [2.75, 3.05) is 6.26 Å². The summed E-state index contributed by atoms with van der Waals surface area (Å²) in [5.74, 6) is -1.07. The summed E-state index contributed by atoms with van der Waals surface area (Å²) in [7, 11) is -3.26. The number of pyridine rings is 1. The van der Waals surface area contributed by atoms with Crippen molar-refractivity contribution in [2.24, 2.45) is 0 Å². The van der Waals surface area contributed by atoms with E-state index < -0.39 is 15.8 Å². The molecule has 6 heteroatoms. The molecule has 1 aromatic carbocycles. The van der Waals surface area contributed by atoms with Gasteiger partial charge in [-0.1, -0.05) is 12.1 Å². The van der Waals surface area contributed by atoms with E-state index in [2.05, 4.69) is 4.98 Å². The number of nitrogens with zero attached hydrogens (tertiary/aromatic N) is 1. The minimum Gasteiger partial charge on any atom is -0.478 e. The highest BCUT2D eigenvalue weighted by atomic mass is 32.2. The molecule has 0 spiro atoms. The van der Waals surface area contributed by atoms with Gasteiger partial charge in [0.05, 0.1) is 10.5 Å². The molecule has 0 radical (unpaired) electrons.